The zero-order valence-corrected chi connectivity index (χ0v) is 24.1. The van der Waals surface area contributed by atoms with Gasteiger partial charge in [-0.3, -0.25) is 14.4 Å². The Bertz CT molecular complexity index is 1460. The predicted molar refractivity (Wildman–Crippen MR) is 159 cm³/mol. The summed E-state index contributed by atoms with van der Waals surface area (Å²) in [7, 11) is 0. The van der Waals surface area contributed by atoms with Crippen molar-refractivity contribution in [3.05, 3.63) is 82.4 Å². The number of hydrazone groups is 1. The number of anilines is 2. The van der Waals surface area contributed by atoms with Gasteiger partial charge in [0, 0.05) is 16.4 Å². The number of esters is 1. The number of aryl methyl sites for hydroxylation is 1. The number of rotatable bonds is 13. The zero-order chi connectivity index (χ0) is 30.5. The molecule has 0 saturated carbocycles. The fraction of sp³-hybridized carbons (Fsp3) is 0.233. The minimum atomic E-state index is -0.603. The lowest BCUT2D eigenvalue weighted by Gasteiger charge is -2.13. The van der Waals surface area contributed by atoms with Crippen LogP contribution in [0.15, 0.2) is 65.8 Å². The van der Waals surface area contributed by atoms with Crippen molar-refractivity contribution in [2.75, 3.05) is 30.5 Å². The summed E-state index contributed by atoms with van der Waals surface area (Å²) in [5.41, 5.74) is 5.12. The molecule has 3 N–H and O–H groups in total. The molecule has 12 heteroatoms. The fourth-order valence-corrected chi connectivity index (χ4v) is 3.66. The van der Waals surface area contributed by atoms with E-state index in [9.17, 15) is 19.2 Å². The number of hydrogen-bond acceptors (Lipinski definition) is 8. The molecule has 3 aromatic rings. The lowest BCUT2D eigenvalue weighted by atomic mass is 10.2. The maximum absolute atomic E-state index is 12.4. The number of halogens is 1. The molecule has 0 aliphatic rings. The van der Waals surface area contributed by atoms with Gasteiger partial charge in [-0.1, -0.05) is 17.7 Å². The molecule has 220 valence electrons. The molecule has 3 amide bonds. The molecule has 0 fully saturated rings. The van der Waals surface area contributed by atoms with Crippen LogP contribution in [-0.4, -0.2) is 49.7 Å². The Morgan fingerprint density at radius 2 is 1.52 bits per heavy atom. The molecule has 0 aliphatic carbocycles. The van der Waals surface area contributed by atoms with Crippen molar-refractivity contribution in [3.63, 3.8) is 0 Å². The van der Waals surface area contributed by atoms with Crippen LogP contribution < -0.4 is 25.5 Å². The van der Waals surface area contributed by atoms with E-state index in [4.69, 9.17) is 25.8 Å². The summed E-state index contributed by atoms with van der Waals surface area (Å²) in [6.07, 6.45) is 0.950. The lowest BCUT2D eigenvalue weighted by molar-refractivity contribution is -0.126. The number of nitrogens with one attached hydrogen (secondary N) is 3. The Labute approximate surface area is 248 Å². The molecule has 0 aromatic heterocycles. The van der Waals surface area contributed by atoms with Crippen LogP contribution in [0.5, 0.6) is 11.5 Å². The van der Waals surface area contributed by atoms with Gasteiger partial charge in [0.25, 0.3) is 5.91 Å². The van der Waals surface area contributed by atoms with Crippen LogP contribution in [0.2, 0.25) is 5.02 Å². The maximum atomic E-state index is 12.4. The van der Waals surface area contributed by atoms with Crippen molar-refractivity contribution in [2.24, 2.45) is 5.10 Å². The van der Waals surface area contributed by atoms with E-state index < -0.39 is 30.1 Å². The van der Waals surface area contributed by atoms with Crippen molar-refractivity contribution in [3.8, 4) is 11.5 Å². The second kappa shape index (κ2) is 15.8. The predicted octanol–water partition coefficient (Wildman–Crippen LogP) is 4.72. The van der Waals surface area contributed by atoms with Crippen molar-refractivity contribution >= 4 is 52.9 Å². The van der Waals surface area contributed by atoms with Gasteiger partial charge in [-0.2, -0.15) is 5.10 Å². The van der Waals surface area contributed by atoms with Gasteiger partial charge in [-0.05, 0) is 86.5 Å². The van der Waals surface area contributed by atoms with Gasteiger partial charge in [-0.25, -0.2) is 10.2 Å². The molecular weight excluding hydrogens is 564 g/mol. The monoisotopic (exact) mass is 594 g/mol. The Morgan fingerprint density at radius 1 is 0.810 bits per heavy atom. The molecule has 0 unspecified atom stereocenters. The second-order valence-electron chi connectivity index (χ2n) is 8.76. The summed E-state index contributed by atoms with van der Waals surface area (Å²) in [6, 6.07) is 16.3. The van der Waals surface area contributed by atoms with Gasteiger partial charge >= 0.3 is 5.97 Å². The molecule has 0 bridgehead atoms. The summed E-state index contributed by atoms with van der Waals surface area (Å²) in [6.45, 7) is 5.69. The molecular formula is C30H31ClN4O7. The minimum Gasteiger partial charge on any atom is -0.490 e. The fourth-order valence-electron chi connectivity index (χ4n) is 3.48. The second-order valence-corrected chi connectivity index (χ2v) is 9.16. The van der Waals surface area contributed by atoms with E-state index in [0.29, 0.717) is 45.6 Å². The maximum Gasteiger partial charge on any atom is 0.338 e. The van der Waals surface area contributed by atoms with Gasteiger partial charge in [0.2, 0.25) is 11.8 Å². The molecule has 0 heterocycles. The van der Waals surface area contributed by atoms with Crippen LogP contribution in [0.4, 0.5) is 11.4 Å². The average molecular weight is 595 g/mol. The molecule has 3 aromatic carbocycles. The van der Waals surface area contributed by atoms with Gasteiger partial charge in [0.15, 0.2) is 18.1 Å². The number of carbonyl (C=O) groups is 4. The molecule has 0 radical (unpaired) electrons. The van der Waals surface area contributed by atoms with Gasteiger partial charge in [0.05, 0.1) is 25.0 Å². The van der Waals surface area contributed by atoms with E-state index in [1.54, 1.807) is 74.5 Å². The first-order valence-electron chi connectivity index (χ1n) is 13.0. The zero-order valence-electron chi connectivity index (χ0n) is 23.4. The van der Waals surface area contributed by atoms with Crippen LogP contribution in [0.1, 0.15) is 41.8 Å². The Balaban J connectivity index is 1.50. The van der Waals surface area contributed by atoms with Gasteiger partial charge in [-0.15, -0.1) is 0 Å². The van der Waals surface area contributed by atoms with Gasteiger partial charge in [0.1, 0.15) is 6.42 Å². The Hall–Kier alpha value is -4.90. The number of ether oxygens (including phenoxy) is 3. The minimum absolute atomic E-state index is 0.273. The molecule has 11 nitrogen and oxygen atoms in total. The molecule has 0 aliphatic heterocycles. The summed E-state index contributed by atoms with van der Waals surface area (Å²) in [5, 5.41) is 9.70. The highest BCUT2D eigenvalue weighted by Crippen LogP contribution is 2.28. The third-order valence-corrected chi connectivity index (χ3v) is 5.89. The van der Waals surface area contributed by atoms with Crippen molar-refractivity contribution in [2.45, 2.75) is 27.2 Å². The van der Waals surface area contributed by atoms with Crippen LogP contribution in [0, 0.1) is 6.92 Å². The molecule has 0 spiro atoms. The van der Waals surface area contributed by atoms with Crippen LogP contribution in [0.3, 0.4) is 0 Å². The summed E-state index contributed by atoms with van der Waals surface area (Å²) >= 11 is 6.06. The van der Waals surface area contributed by atoms with Crippen LogP contribution in [0.25, 0.3) is 0 Å². The topological polar surface area (TPSA) is 144 Å². The third-order valence-electron chi connectivity index (χ3n) is 5.49. The first-order valence-corrected chi connectivity index (χ1v) is 13.4. The lowest BCUT2D eigenvalue weighted by Crippen LogP contribution is -2.24. The number of amides is 3. The quantitative estimate of drug-likeness (QED) is 0.112. The molecule has 0 saturated heterocycles. The first kappa shape index (κ1) is 31.6. The largest absolute Gasteiger partial charge is 0.490 e. The SMILES string of the molecule is CCOC(=O)c1ccc(NC(=O)COc2ccc(C=NNC(=O)CC(=O)Nc3ccc(C)c(Cl)c3)cc2OCC)cc1. The third kappa shape index (κ3) is 9.93. The normalized spacial score (nSPS) is 10.6. The van der Waals surface area contributed by atoms with E-state index in [1.807, 2.05) is 6.92 Å². The highest BCUT2D eigenvalue weighted by atomic mass is 35.5. The van der Waals surface area contributed by atoms with E-state index in [0.717, 1.165) is 5.56 Å². The molecule has 0 atom stereocenters. The van der Waals surface area contributed by atoms with Crippen LogP contribution in [-0.2, 0) is 19.1 Å². The Morgan fingerprint density at radius 3 is 2.21 bits per heavy atom. The van der Waals surface area contributed by atoms with E-state index in [-0.39, 0.29) is 13.2 Å². The number of benzene rings is 3. The van der Waals surface area contributed by atoms with E-state index in [1.165, 1.54) is 6.21 Å². The summed E-state index contributed by atoms with van der Waals surface area (Å²) < 4.78 is 16.2. The highest BCUT2D eigenvalue weighted by molar-refractivity contribution is 6.31. The smallest absolute Gasteiger partial charge is 0.338 e. The standard InChI is InChI=1S/C30H31ClN4O7/c1-4-40-26-14-20(17-32-35-28(37)16-27(36)34-23-10-6-19(3)24(31)15-23)7-13-25(26)42-18-29(38)33-22-11-8-21(9-12-22)30(39)41-5-2/h6-15,17H,4-5,16,18H2,1-3H3,(H,33,38)(H,34,36)(H,35,37). The number of hydrogen-bond donors (Lipinski definition) is 3. The molecule has 3 rings (SSSR count). The van der Waals surface area contributed by atoms with Crippen molar-refractivity contribution in [1.82, 2.24) is 5.43 Å². The molecule has 42 heavy (non-hydrogen) atoms. The van der Waals surface area contributed by atoms with E-state index in [2.05, 4.69) is 21.2 Å². The first-order chi connectivity index (χ1) is 20.2. The number of carbonyl (C=O) groups excluding carboxylic acids is 4. The van der Waals surface area contributed by atoms with Crippen LogP contribution >= 0.6 is 11.6 Å². The average Bonchev–Trinajstić information content (AvgIpc) is 2.95. The number of nitrogens with zero attached hydrogens (tertiary/aromatic N) is 1. The van der Waals surface area contributed by atoms with Crippen molar-refractivity contribution in [1.29, 1.82) is 0 Å². The summed E-state index contributed by atoms with van der Waals surface area (Å²) in [5.74, 6) is -1.27. The van der Waals surface area contributed by atoms with Crippen molar-refractivity contribution < 1.29 is 33.4 Å². The Kier molecular flexibility index (Phi) is 11.9. The summed E-state index contributed by atoms with van der Waals surface area (Å²) in [4.78, 5) is 48.4. The highest BCUT2D eigenvalue weighted by Gasteiger charge is 2.12. The van der Waals surface area contributed by atoms with Gasteiger partial charge < -0.3 is 24.8 Å². The van der Waals surface area contributed by atoms with E-state index >= 15 is 0 Å².